The Hall–Kier alpha value is -2.98. The molecule has 0 fully saturated rings. The second-order valence-corrected chi connectivity index (χ2v) is 8.87. The number of hydrogen-bond donors (Lipinski definition) is 2. The number of amides is 3. The molecule has 1 aromatic heterocycles. The van der Waals surface area contributed by atoms with Crippen LogP contribution in [-0.4, -0.2) is 47.7 Å². The number of hydroxylamine groups is 2. The van der Waals surface area contributed by atoms with Crippen LogP contribution in [0.5, 0.6) is 5.75 Å². The molecule has 0 saturated carbocycles. The van der Waals surface area contributed by atoms with Crippen LogP contribution in [0.4, 0.5) is 9.93 Å². The van der Waals surface area contributed by atoms with Gasteiger partial charge in [-0.1, -0.05) is 23.5 Å². The van der Waals surface area contributed by atoms with Crippen LogP contribution in [-0.2, 0) is 22.5 Å². The van der Waals surface area contributed by atoms with Crippen LogP contribution >= 0.6 is 11.3 Å². The van der Waals surface area contributed by atoms with E-state index in [9.17, 15) is 14.4 Å². The minimum Gasteiger partial charge on any atom is -0.410 e. The SMILES string of the molecule is CON(C)C(=O)c1sc(NC(C)=O)nc1CCc1ccc(OC(=O)NC(C)(C)C)cc1. The molecule has 2 aromatic rings. The molecular formula is C21H28N4O5S. The van der Waals surface area contributed by atoms with Gasteiger partial charge in [0.15, 0.2) is 5.13 Å². The second kappa shape index (κ2) is 10.4. The second-order valence-electron chi connectivity index (χ2n) is 7.87. The lowest BCUT2D eigenvalue weighted by Gasteiger charge is -2.19. The number of hydrogen-bond acceptors (Lipinski definition) is 7. The Morgan fingerprint density at radius 2 is 1.77 bits per heavy atom. The Morgan fingerprint density at radius 1 is 1.13 bits per heavy atom. The van der Waals surface area contributed by atoms with Crippen molar-refractivity contribution < 1.29 is 24.0 Å². The van der Waals surface area contributed by atoms with Gasteiger partial charge in [-0.3, -0.25) is 14.4 Å². The minimum atomic E-state index is -0.515. The van der Waals surface area contributed by atoms with Crippen LogP contribution in [0.2, 0.25) is 0 Å². The molecule has 0 spiro atoms. The highest BCUT2D eigenvalue weighted by Crippen LogP contribution is 2.26. The van der Waals surface area contributed by atoms with Crippen molar-refractivity contribution in [2.75, 3.05) is 19.5 Å². The summed E-state index contributed by atoms with van der Waals surface area (Å²) in [6.45, 7) is 7.00. The molecule has 0 bridgehead atoms. The molecule has 9 nitrogen and oxygen atoms in total. The number of anilines is 1. The average Bonchev–Trinajstić information content (AvgIpc) is 3.06. The summed E-state index contributed by atoms with van der Waals surface area (Å²) in [6, 6.07) is 7.13. The highest BCUT2D eigenvalue weighted by molar-refractivity contribution is 7.17. The fraction of sp³-hybridized carbons (Fsp3) is 0.429. The topological polar surface area (TPSA) is 110 Å². The maximum atomic E-state index is 12.6. The third-order valence-electron chi connectivity index (χ3n) is 4.00. The fourth-order valence-corrected chi connectivity index (χ4v) is 3.57. The Kier molecular flexibility index (Phi) is 8.12. The Morgan fingerprint density at radius 3 is 2.32 bits per heavy atom. The van der Waals surface area contributed by atoms with E-state index in [-0.39, 0.29) is 17.4 Å². The van der Waals surface area contributed by atoms with Crippen LogP contribution in [0.1, 0.15) is 48.6 Å². The summed E-state index contributed by atoms with van der Waals surface area (Å²) in [6.07, 6.45) is 0.576. The molecule has 0 atom stereocenters. The van der Waals surface area contributed by atoms with E-state index in [1.807, 2.05) is 32.9 Å². The number of aryl methyl sites for hydroxylation is 2. The number of nitrogens with zero attached hydrogens (tertiary/aromatic N) is 2. The van der Waals surface area contributed by atoms with Gasteiger partial charge in [0, 0.05) is 19.5 Å². The van der Waals surface area contributed by atoms with Crippen molar-refractivity contribution in [3.05, 3.63) is 40.4 Å². The highest BCUT2D eigenvalue weighted by atomic mass is 32.1. The number of aromatic nitrogens is 1. The summed E-state index contributed by atoms with van der Waals surface area (Å²) in [4.78, 5) is 45.6. The molecule has 0 aliphatic heterocycles. The van der Waals surface area contributed by atoms with Gasteiger partial charge >= 0.3 is 6.09 Å². The van der Waals surface area contributed by atoms with Crippen molar-refractivity contribution in [2.45, 2.75) is 46.1 Å². The van der Waals surface area contributed by atoms with Crippen molar-refractivity contribution in [3.8, 4) is 5.75 Å². The van der Waals surface area contributed by atoms with Crippen molar-refractivity contribution in [2.24, 2.45) is 0 Å². The van der Waals surface area contributed by atoms with Gasteiger partial charge in [0.05, 0.1) is 12.8 Å². The van der Waals surface area contributed by atoms with E-state index < -0.39 is 6.09 Å². The number of carbonyl (C=O) groups is 3. The largest absolute Gasteiger partial charge is 0.413 e. The lowest BCUT2D eigenvalue weighted by Crippen LogP contribution is -2.42. The zero-order valence-corrected chi connectivity index (χ0v) is 19.4. The van der Waals surface area contributed by atoms with Crippen molar-refractivity contribution in [1.29, 1.82) is 0 Å². The van der Waals surface area contributed by atoms with Crippen LogP contribution in [0.25, 0.3) is 0 Å². The molecule has 1 aromatic carbocycles. The molecule has 10 heteroatoms. The molecule has 31 heavy (non-hydrogen) atoms. The Bertz CT molecular complexity index is 934. The molecule has 0 radical (unpaired) electrons. The zero-order valence-electron chi connectivity index (χ0n) is 18.6. The first-order valence-corrected chi connectivity index (χ1v) is 10.5. The minimum absolute atomic E-state index is 0.259. The summed E-state index contributed by atoms with van der Waals surface area (Å²) in [5, 5.41) is 6.83. The van der Waals surface area contributed by atoms with E-state index in [0.717, 1.165) is 22.0 Å². The van der Waals surface area contributed by atoms with Crippen LogP contribution in [0.3, 0.4) is 0 Å². The monoisotopic (exact) mass is 448 g/mol. The summed E-state index contributed by atoms with van der Waals surface area (Å²) in [5.74, 6) is -0.157. The summed E-state index contributed by atoms with van der Waals surface area (Å²) < 4.78 is 5.27. The number of ether oxygens (including phenoxy) is 1. The molecule has 1 heterocycles. The predicted molar refractivity (Wildman–Crippen MR) is 118 cm³/mol. The molecule has 2 N–H and O–H groups in total. The first kappa shape index (κ1) is 24.3. The third kappa shape index (κ3) is 7.65. The third-order valence-corrected chi connectivity index (χ3v) is 5.00. The first-order chi connectivity index (χ1) is 14.5. The number of benzene rings is 1. The zero-order chi connectivity index (χ0) is 23.2. The van der Waals surface area contributed by atoms with E-state index in [1.165, 1.54) is 21.1 Å². The lowest BCUT2D eigenvalue weighted by atomic mass is 10.1. The molecule has 0 aliphatic carbocycles. The van der Waals surface area contributed by atoms with Gasteiger partial charge in [-0.25, -0.2) is 14.8 Å². The van der Waals surface area contributed by atoms with Crippen molar-refractivity contribution in [3.63, 3.8) is 0 Å². The standard InChI is InChI=1S/C21H28N4O5S/c1-13(26)22-19-23-16(17(31-19)18(27)25(5)29-6)12-9-14-7-10-15(11-8-14)30-20(28)24-21(2,3)4/h7-8,10-11H,9,12H2,1-6H3,(H,24,28)(H,22,23,26). The number of thiazole rings is 1. The highest BCUT2D eigenvalue weighted by Gasteiger charge is 2.22. The fourth-order valence-electron chi connectivity index (χ4n) is 2.54. The molecule has 0 unspecified atom stereocenters. The van der Waals surface area contributed by atoms with Gasteiger partial charge in [0.2, 0.25) is 5.91 Å². The normalized spacial score (nSPS) is 11.0. The molecule has 2 rings (SSSR count). The predicted octanol–water partition coefficient (Wildman–Crippen LogP) is 3.41. The maximum absolute atomic E-state index is 12.6. The van der Waals surface area contributed by atoms with Crippen LogP contribution in [0.15, 0.2) is 24.3 Å². The Labute approximate surface area is 185 Å². The number of nitrogens with one attached hydrogen (secondary N) is 2. The average molecular weight is 449 g/mol. The Balaban J connectivity index is 2.07. The molecule has 0 saturated heterocycles. The van der Waals surface area contributed by atoms with Gasteiger partial charge < -0.3 is 15.4 Å². The van der Waals surface area contributed by atoms with E-state index >= 15 is 0 Å². The molecular weight excluding hydrogens is 420 g/mol. The molecule has 0 aliphatic rings. The summed E-state index contributed by atoms with van der Waals surface area (Å²) >= 11 is 1.11. The van der Waals surface area contributed by atoms with Gasteiger partial charge in [-0.05, 0) is 51.3 Å². The first-order valence-electron chi connectivity index (χ1n) is 9.67. The number of carbonyl (C=O) groups excluding carboxylic acids is 3. The quantitative estimate of drug-likeness (QED) is 0.628. The van der Waals surface area contributed by atoms with E-state index in [4.69, 9.17) is 9.57 Å². The summed E-state index contributed by atoms with van der Waals surface area (Å²) in [7, 11) is 2.91. The van der Waals surface area contributed by atoms with Crippen molar-refractivity contribution >= 4 is 34.4 Å². The van der Waals surface area contributed by atoms with Gasteiger partial charge in [-0.15, -0.1) is 0 Å². The van der Waals surface area contributed by atoms with Crippen molar-refractivity contribution in [1.82, 2.24) is 15.4 Å². The van der Waals surface area contributed by atoms with Gasteiger partial charge in [0.1, 0.15) is 10.6 Å². The smallest absolute Gasteiger partial charge is 0.410 e. The van der Waals surface area contributed by atoms with E-state index in [2.05, 4.69) is 15.6 Å². The molecule has 168 valence electrons. The number of rotatable bonds is 7. The van der Waals surface area contributed by atoms with Crippen LogP contribution < -0.4 is 15.4 Å². The molecule has 3 amide bonds. The van der Waals surface area contributed by atoms with Gasteiger partial charge in [-0.2, -0.15) is 0 Å². The van der Waals surface area contributed by atoms with E-state index in [1.54, 1.807) is 12.1 Å². The van der Waals surface area contributed by atoms with Crippen LogP contribution in [0, 0.1) is 0 Å². The lowest BCUT2D eigenvalue weighted by molar-refractivity contribution is -0.114. The van der Waals surface area contributed by atoms with Gasteiger partial charge in [0.25, 0.3) is 5.91 Å². The van der Waals surface area contributed by atoms with E-state index in [0.29, 0.717) is 34.3 Å². The summed E-state index contributed by atoms with van der Waals surface area (Å²) in [5.41, 5.74) is 1.18. The maximum Gasteiger partial charge on any atom is 0.413 e.